The van der Waals surface area contributed by atoms with Gasteiger partial charge in [0.2, 0.25) is 0 Å². The predicted octanol–water partition coefficient (Wildman–Crippen LogP) is 0.516. The molecule has 0 radical (unpaired) electrons. The van der Waals surface area contributed by atoms with E-state index in [0.717, 1.165) is 13.0 Å². The highest BCUT2D eigenvalue weighted by atomic mass is 16.6. The highest BCUT2D eigenvalue weighted by Gasteiger charge is 2.17. The number of nitriles is 1. The van der Waals surface area contributed by atoms with Gasteiger partial charge in [0.15, 0.2) is 0 Å². The highest BCUT2D eigenvalue weighted by Crippen LogP contribution is 2.11. The lowest BCUT2D eigenvalue weighted by atomic mass is 10.3. The molecule has 0 amide bonds. The summed E-state index contributed by atoms with van der Waals surface area (Å²) in [6, 6.07) is 2.25. The first kappa shape index (κ1) is 8.91. The number of hydrogen-bond acceptors (Lipinski definition) is 5. The van der Waals surface area contributed by atoms with Crippen LogP contribution in [0.2, 0.25) is 0 Å². The fourth-order valence-electron chi connectivity index (χ4n) is 1.19. The average molecular weight is 191 g/mol. The van der Waals surface area contributed by atoms with Crippen molar-refractivity contribution in [2.75, 3.05) is 13.2 Å². The van der Waals surface area contributed by atoms with Crippen molar-refractivity contribution >= 4 is 0 Å². The quantitative estimate of drug-likeness (QED) is 0.681. The molecule has 0 N–H and O–H groups in total. The Morgan fingerprint density at radius 3 is 2.86 bits per heavy atom. The van der Waals surface area contributed by atoms with Crippen LogP contribution in [0.15, 0.2) is 12.4 Å². The summed E-state index contributed by atoms with van der Waals surface area (Å²) in [4.78, 5) is 7.80. The van der Waals surface area contributed by atoms with Gasteiger partial charge in [-0.05, 0) is 0 Å². The minimum absolute atomic E-state index is 0.0444. The van der Waals surface area contributed by atoms with Gasteiger partial charge in [-0.15, -0.1) is 0 Å². The van der Waals surface area contributed by atoms with Crippen LogP contribution >= 0.6 is 0 Å². The Labute approximate surface area is 81.3 Å². The molecule has 14 heavy (non-hydrogen) atoms. The van der Waals surface area contributed by atoms with Gasteiger partial charge in [0.25, 0.3) is 0 Å². The van der Waals surface area contributed by atoms with Crippen LogP contribution in [0.3, 0.4) is 0 Å². The Morgan fingerprint density at radius 2 is 2.29 bits per heavy atom. The summed E-state index contributed by atoms with van der Waals surface area (Å²) in [5, 5.41) is 8.52. The van der Waals surface area contributed by atoms with E-state index in [1.165, 1.54) is 12.4 Å². The van der Waals surface area contributed by atoms with Crippen molar-refractivity contribution in [1.82, 2.24) is 9.97 Å². The predicted molar refractivity (Wildman–Crippen MR) is 46.6 cm³/mol. The zero-order valence-corrected chi connectivity index (χ0v) is 7.51. The summed E-state index contributed by atoms with van der Waals surface area (Å²) in [5.74, 6) is 0. The van der Waals surface area contributed by atoms with E-state index in [4.69, 9.17) is 14.7 Å². The molecule has 1 aliphatic rings. The van der Waals surface area contributed by atoms with Crippen LogP contribution in [0.5, 0.6) is 6.01 Å². The van der Waals surface area contributed by atoms with Crippen LogP contribution in [0.1, 0.15) is 12.0 Å². The zero-order valence-electron chi connectivity index (χ0n) is 7.51. The monoisotopic (exact) mass is 191 g/mol. The normalized spacial score (nSPS) is 20.4. The van der Waals surface area contributed by atoms with Gasteiger partial charge in [-0.1, -0.05) is 0 Å². The molecule has 0 saturated carbocycles. The molecule has 2 heterocycles. The molecule has 1 atom stereocenters. The van der Waals surface area contributed by atoms with Gasteiger partial charge in [-0.25, -0.2) is 9.97 Å². The third-order valence-corrected chi connectivity index (χ3v) is 1.92. The Kier molecular flexibility index (Phi) is 2.56. The lowest BCUT2D eigenvalue weighted by Gasteiger charge is -2.08. The molecular formula is C9H9N3O2. The summed E-state index contributed by atoms with van der Waals surface area (Å²) in [6.07, 6.45) is 3.79. The molecule has 1 aromatic heterocycles. The summed E-state index contributed by atoms with van der Waals surface area (Å²) < 4.78 is 10.6. The van der Waals surface area contributed by atoms with Gasteiger partial charge in [0.05, 0.1) is 31.2 Å². The van der Waals surface area contributed by atoms with Crippen LogP contribution < -0.4 is 4.74 Å². The molecule has 1 aromatic rings. The van der Waals surface area contributed by atoms with E-state index >= 15 is 0 Å². The van der Waals surface area contributed by atoms with Crippen molar-refractivity contribution in [1.29, 1.82) is 5.26 Å². The molecule has 1 aliphatic heterocycles. The van der Waals surface area contributed by atoms with Crippen molar-refractivity contribution in [2.45, 2.75) is 12.5 Å². The number of rotatable bonds is 2. The van der Waals surface area contributed by atoms with Gasteiger partial charge in [-0.2, -0.15) is 5.26 Å². The Bertz CT molecular complexity index is 338. The molecule has 5 nitrogen and oxygen atoms in total. The SMILES string of the molecule is N#Cc1cnc(OC2CCOC2)nc1. The third kappa shape index (κ3) is 1.98. The van der Waals surface area contributed by atoms with Crippen LogP contribution in [0.4, 0.5) is 0 Å². The van der Waals surface area contributed by atoms with Gasteiger partial charge >= 0.3 is 6.01 Å². The Hall–Kier alpha value is -1.67. The summed E-state index contributed by atoms with van der Waals surface area (Å²) in [7, 11) is 0. The largest absolute Gasteiger partial charge is 0.458 e. The standard InChI is InChI=1S/C9H9N3O2/c10-3-7-4-11-9(12-5-7)14-8-1-2-13-6-8/h4-5,8H,1-2,6H2. The number of hydrogen-bond donors (Lipinski definition) is 0. The zero-order chi connectivity index (χ0) is 9.80. The highest BCUT2D eigenvalue weighted by molar-refractivity contribution is 5.22. The van der Waals surface area contributed by atoms with E-state index in [1.807, 2.05) is 6.07 Å². The first-order valence-corrected chi connectivity index (χ1v) is 4.35. The minimum Gasteiger partial charge on any atom is -0.458 e. The van der Waals surface area contributed by atoms with Crippen LogP contribution in [0.25, 0.3) is 0 Å². The van der Waals surface area contributed by atoms with E-state index in [-0.39, 0.29) is 6.10 Å². The first-order valence-electron chi connectivity index (χ1n) is 4.35. The van der Waals surface area contributed by atoms with Crippen LogP contribution in [-0.4, -0.2) is 29.3 Å². The van der Waals surface area contributed by atoms with Crippen molar-refractivity contribution in [3.05, 3.63) is 18.0 Å². The van der Waals surface area contributed by atoms with Crippen molar-refractivity contribution in [3.8, 4) is 12.1 Å². The van der Waals surface area contributed by atoms with Gasteiger partial charge < -0.3 is 9.47 Å². The summed E-state index contributed by atoms with van der Waals surface area (Å²) >= 11 is 0. The maximum atomic E-state index is 8.52. The van der Waals surface area contributed by atoms with Crippen LogP contribution in [0, 0.1) is 11.3 Å². The van der Waals surface area contributed by atoms with E-state index < -0.39 is 0 Å². The molecule has 2 rings (SSSR count). The Balaban J connectivity index is 1.99. The average Bonchev–Trinajstić information content (AvgIpc) is 2.72. The molecule has 1 saturated heterocycles. The Morgan fingerprint density at radius 1 is 1.50 bits per heavy atom. The molecule has 72 valence electrons. The fourth-order valence-corrected chi connectivity index (χ4v) is 1.19. The van der Waals surface area contributed by atoms with E-state index in [0.29, 0.717) is 18.2 Å². The topological polar surface area (TPSA) is 68.0 Å². The number of ether oxygens (including phenoxy) is 2. The lowest BCUT2D eigenvalue weighted by molar-refractivity contribution is 0.134. The third-order valence-electron chi connectivity index (χ3n) is 1.92. The van der Waals surface area contributed by atoms with Crippen molar-refractivity contribution in [3.63, 3.8) is 0 Å². The van der Waals surface area contributed by atoms with Gasteiger partial charge in [0, 0.05) is 6.42 Å². The fraction of sp³-hybridized carbons (Fsp3) is 0.444. The first-order chi connectivity index (χ1) is 6.88. The second-order valence-corrected chi connectivity index (χ2v) is 2.97. The van der Waals surface area contributed by atoms with Crippen molar-refractivity contribution < 1.29 is 9.47 Å². The lowest BCUT2D eigenvalue weighted by Crippen LogP contribution is -2.17. The molecular weight excluding hydrogens is 182 g/mol. The minimum atomic E-state index is 0.0444. The number of aromatic nitrogens is 2. The summed E-state index contributed by atoms with van der Waals surface area (Å²) in [5.41, 5.74) is 0.431. The maximum Gasteiger partial charge on any atom is 0.316 e. The molecule has 0 spiro atoms. The second kappa shape index (κ2) is 4.03. The van der Waals surface area contributed by atoms with E-state index in [2.05, 4.69) is 9.97 Å². The van der Waals surface area contributed by atoms with E-state index in [1.54, 1.807) is 0 Å². The maximum absolute atomic E-state index is 8.52. The molecule has 0 aromatic carbocycles. The van der Waals surface area contributed by atoms with Gasteiger partial charge in [0.1, 0.15) is 12.2 Å². The van der Waals surface area contributed by atoms with Crippen molar-refractivity contribution in [2.24, 2.45) is 0 Å². The second-order valence-electron chi connectivity index (χ2n) is 2.97. The molecule has 1 fully saturated rings. The molecule has 1 unspecified atom stereocenters. The molecule has 5 heteroatoms. The smallest absolute Gasteiger partial charge is 0.316 e. The molecule has 0 bridgehead atoms. The van der Waals surface area contributed by atoms with E-state index in [9.17, 15) is 0 Å². The number of nitrogens with zero attached hydrogens (tertiary/aromatic N) is 3. The molecule has 0 aliphatic carbocycles. The summed E-state index contributed by atoms with van der Waals surface area (Å²) in [6.45, 7) is 1.31. The van der Waals surface area contributed by atoms with Gasteiger partial charge in [-0.3, -0.25) is 0 Å². The van der Waals surface area contributed by atoms with Crippen LogP contribution in [-0.2, 0) is 4.74 Å².